The Kier molecular flexibility index (Phi) is 5.08. The molecule has 2 aromatic carbocycles. The molecule has 23 heavy (non-hydrogen) atoms. The molecule has 0 aliphatic rings. The molecule has 0 aromatic heterocycles. The Hall–Kier alpha value is -1.50. The molecule has 0 amide bonds. The Morgan fingerprint density at radius 2 is 1.74 bits per heavy atom. The molecule has 1 N–H and O–H groups in total. The summed E-state index contributed by atoms with van der Waals surface area (Å²) in [4.78, 5) is -0.0819. The van der Waals surface area contributed by atoms with Crippen molar-refractivity contribution in [1.29, 1.82) is 0 Å². The van der Waals surface area contributed by atoms with Crippen molar-refractivity contribution in [2.75, 3.05) is 6.61 Å². The SMILES string of the molecule is CC(CCO)(c1cc(F)ccc1F)S(=O)(=O)c1ccc(Cl)cc1. The average molecular weight is 361 g/mol. The van der Waals surface area contributed by atoms with E-state index in [-0.39, 0.29) is 16.9 Å². The number of aliphatic hydroxyl groups is 1. The largest absolute Gasteiger partial charge is 0.396 e. The number of hydrogen-bond acceptors (Lipinski definition) is 3. The third kappa shape index (κ3) is 3.24. The van der Waals surface area contributed by atoms with Gasteiger partial charge in [-0.25, -0.2) is 17.2 Å². The summed E-state index contributed by atoms with van der Waals surface area (Å²) in [7, 11) is -4.10. The van der Waals surface area contributed by atoms with Crippen molar-refractivity contribution >= 4 is 21.4 Å². The quantitative estimate of drug-likeness (QED) is 0.884. The maximum absolute atomic E-state index is 14.2. The first kappa shape index (κ1) is 17.8. The fourth-order valence-electron chi connectivity index (χ4n) is 2.40. The molecular weight excluding hydrogens is 346 g/mol. The third-order valence-corrected chi connectivity index (χ3v) is 6.56. The van der Waals surface area contributed by atoms with Crippen LogP contribution in [0.15, 0.2) is 47.4 Å². The summed E-state index contributed by atoms with van der Waals surface area (Å²) in [6.07, 6.45) is -0.279. The van der Waals surface area contributed by atoms with Crippen LogP contribution in [0.5, 0.6) is 0 Å². The summed E-state index contributed by atoms with van der Waals surface area (Å²) in [5.74, 6) is -1.60. The van der Waals surface area contributed by atoms with E-state index >= 15 is 0 Å². The molecule has 3 nitrogen and oxygen atoms in total. The molecule has 0 saturated carbocycles. The molecule has 0 radical (unpaired) electrons. The molecule has 2 rings (SSSR count). The second-order valence-electron chi connectivity index (χ2n) is 5.29. The van der Waals surface area contributed by atoms with Crippen molar-refractivity contribution < 1.29 is 22.3 Å². The summed E-state index contributed by atoms with van der Waals surface area (Å²) in [6.45, 7) is 0.768. The highest BCUT2D eigenvalue weighted by molar-refractivity contribution is 7.92. The van der Waals surface area contributed by atoms with Gasteiger partial charge in [0, 0.05) is 17.2 Å². The van der Waals surface area contributed by atoms with E-state index < -0.39 is 32.8 Å². The lowest BCUT2D eigenvalue weighted by Gasteiger charge is -2.30. The number of aliphatic hydroxyl groups excluding tert-OH is 1. The molecule has 0 spiro atoms. The molecule has 7 heteroatoms. The molecule has 2 aromatic rings. The van der Waals surface area contributed by atoms with E-state index in [9.17, 15) is 22.3 Å². The minimum atomic E-state index is -4.10. The van der Waals surface area contributed by atoms with Crippen LogP contribution in [0.1, 0.15) is 18.9 Å². The maximum atomic E-state index is 14.2. The molecule has 1 unspecified atom stereocenters. The van der Waals surface area contributed by atoms with Gasteiger partial charge in [0.1, 0.15) is 16.4 Å². The minimum absolute atomic E-state index is 0.0819. The first-order valence-corrected chi connectivity index (χ1v) is 8.65. The first-order valence-electron chi connectivity index (χ1n) is 6.79. The smallest absolute Gasteiger partial charge is 0.188 e. The number of halogens is 3. The van der Waals surface area contributed by atoms with Crippen LogP contribution in [0.4, 0.5) is 8.78 Å². The van der Waals surface area contributed by atoms with E-state index in [1.165, 1.54) is 31.2 Å². The van der Waals surface area contributed by atoms with E-state index in [1.807, 2.05) is 0 Å². The Morgan fingerprint density at radius 3 is 2.30 bits per heavy atom. The van der Waals surface area contributed by atoms with Crippen molar-refractivity contribution in [3.05, 3.63) is 64.7 Å². The van der Waals surface area contributed by atoms with Crippen LogP contribution in [0.3, 0.4) is 0 Å². The van der Waals surface area contributed by atoms with Crippen LogP contribution in [-0.4, -0.2) is 20.1 Å². The topological polar surface area (TPSA) is 54.4 Å². The second kappa shape index (κ2) is 6.55. The highest BCUT2D eigenvalue weighted by Gasteiger charge is 2.43. The van der Waals surface area contributed by atoms with Gasteiger partial charge in [-0.15, -0.1) is 0 Å². The van der Waals surface area contributed by atoms with E-state index in [2.05, 4.69) is 0 Å². The highest BCUT2D eigenvalue weighted by atomic mass is 35.5. The summed E-state index contributed by atoms with van der Waals surface area (Å²) in [5, 5.41) is 9.63. The molecule has 0 heterocycles. The van der Waals surface area contributed by atoms with Crippen LogP contribution in [0.25, 0.3) is 0 Å². The number of sulfone groups is 1. The summed E-state index contributed by atoms with van der Waals surface area (Å²) in [5.41, 5.74) is -0.318. The predicted octanol–water partition coefficient (Wildman–Crippen LogP) is 3.69. The zero-order valence-electron chi connectivity index (χ0n) is 12.3. The van der Waals surface area contributed by atoms with E-state index in [1.54, 1.807) is 0 Å². The average Bonchev–Trinajstić information content (AvgIpc) is 2.50. The number of hydrogen-bond donors (Lipinski definition) is 1. The summed E-state index contributed by atoms with van der Waals surface area (Å²) < 4.78 is 51.8. The molecule has 1 atom stereocenters. The Morgan fingerprint density at radius 1 is 1.13 bits per heavy atom. The van der Waals surface area contributed by atoms with Crippen molar-refractivity contribution in [2.45, 2.75) is 23.0 Å². The van der Waals surface area contributed by atoms with Crippen molar-refractivity contribution in [3.63, 3.8) is 0 Å². The highest BCUT2D eigenvalue weighted by Crippen LogP contribution is 2.39. The number of benzene rings is 2. The van der Waals surface area contributed by atoms with Crippen molar-refractivity contribution in [1.82, 2.24) is 0 Å². The predicted molar refractivity (Wildman–Crippen MR) is 84.1 cm³/mol. The van der Waals surface area contributed by atoms with Crippen LogP contribution in [0.2, 0.25) is 5.02 Å². The van der Waals surface area contributed by atoms with Gasteiger partial charge < -0.3 is 5.11 Å². The Labute approximate surface area is 138 Å². The van der Waals surface area contributed by atoms with Crippen LogP contribution in [0, 0.1) is 11.6 Å². The van der Waals surface area contributed by atoms with Gasteiger partial charge >= 0.3 is 0 Å². The lowest BCUT2D eigenvalue weighted by Crippen LogP contribution is -2.35. The zero-order valence-corrected chi connectivity index (χ0v) is 13.8. The van der Waals surface area contributed by atoms with Gasteiger partial charge in [0.25, 0.3) is 0 Å². The van der Waals surface area contributed by atoms with Gasteiger partial charge in [-0.1, -0.05) is 11.6 Å². The maximum Gasteiger partial charge on any atom is 0.188 e. The normalized spacial score (nSPS) is 14.5. The first-order chi connectivity index (χ1) is 10.7. The second-order valence-corrected chi connectivity index (χ2v) is 8.10. The van der Waals surface area contributed by atoms with Gasteiger partial charge in [-0.05, 0) is 55.8 Å². The van der Waals surface area contributed by atoms with Gasteiger partial charge in [-0.3, -0.25) is 0 Å². The van der Waals surface area contributed by atoms with Crippen molar-refractivity contribution in [3.8, 4) is 0 Å². The number of rotatable bonds is 5. The van der Waals surface area contributed by atoms with E-state index in [0.29, 0.717) is 5.02 Å². The third-order valence-electron chi connectivity index (χ3n) is 3.80. The molecule has 0 bridgehead atoms. The van der Waals surface area contributed by atoms with Gasteiger partial charge in [-0.2, -0.15) is 0 Å². The van der Waals surface area contributed by atoms with Crippen LogP contribution < -0.4 is 0 Å². The van der Waals surface area contributed by atoms with Gasteiger partial charge in [0.15, 0.2) is 9.84 Å². The van der Waals surface area contributed by atoms with Crippen LogP contribution >= 0.6 is 11.6 Å². The summed E-state index contributed by atoms with van der Waals surface area (Å²) >= 11 is 5.76. The standard InChI is InChI=1S/C16H15ClF2O3S/c1-16(8-9-20,14-10-12(18)4-7-15(14)19)23(21,22)13-5-2-11(17)3-6-13/h2-7,10,20H,8-9H2,1H3. The Balaban J connectivity index is 2.69. The lowest BCUT2D eigenvalue weighted by molar-refractivity contribution is 0.267. The summed E-state index contributed by atoms with van der Waals surface area (Å²) in [6, 6.07) is 8.02. The van der Waals surface area contributed by atoms with Gasteiger partial charge in [0.05, 0.1) is 4.90 Å². The lowest BCUT2D eigenvalue weighted by atomic mass is 9.96. The van der Waals surface area contributed by atoms with Gasteiger partial charge in [0.2, 0.25) is 0 Å². The van der Waals surface area contributed by atoms with Crippen LogP contribution in [-0.2, 0) is 14.6 Å². The Bertz CT molecular complexity index is 807. The fourth-order valence-corrected chi connectivity index (χ4v) is 4.35. The molecule has 0 aliphatic carbocycles. The minimum Gasteiger partial charge on any atom is -0.396 e. The molecule has 0 saturated heterocycles. The molecule has 0 fully saturated rings. The van der Waals surface area contributed by atoms with E-state index in [0.717, 1.165) is 18.2 Å². The fraction of sp³-hybridized carbons (Fsp3) is 0.250. The molecular formula is C16H15ClF2O3S. The zero-order chi connectivity index (χ0) is 17.3. The van der Waals surface area contributed by atoms with E-state index in [4.69, 9.17) is 11.6 Å². The van der Waals surface area contributed by atoms with Crippen molar-refractivity contribution in [2.24, 2.45) is 0 Å². The monoisotopic (exact) mass is 360 g/mol. The molecule has 124 valence electrons. The molecule has 0 aliphatic heterocycles.